The highest BCUT2D eigenvalue weighted by atomic mass is 16.5. The Morgan fingerprint density at radius 1 is 0.931 bits per heavy atom. The van der Waals surface area contributed by atoms with Gasteiger partial charge in [0.05, 0.1) is 26.5 Å². The molecule has 0 aliphatic rings. The summed E-state index contributed by atoms with van der Waals surface area (Å²) in [5.41, 5.74) is 3.41. The maximum Gasteiger partial charge on any atom is 0.251 e. The van der Waals surface area contributed by atoms with Crippen LogP contribution in [-0.2, 0) is 0 Å². The number of rotatable bonds is 8. The number of methoxy groups -OCH3 is 2. The molecule has 1 N–H and O–H groups in total. The van der Waals surface area contributed by atoms with Gasteiger partial charge in [-0.3, -0.25) is 4.79 Å². The third-order valence-corrected chi connectivity index (χ3v) is 4.24. The van der Waals surface area contributed by atoms with Crippen molar-refractivity contribution in [2.24, 2.45) is 0 Å². The Kier molecular flexibility index (Phi) is 6.63. The lowest BCUT2D eigenvalue weighted by molar-refractivity contribution is 0.0946. The largest absolute Gasteiger partial charge is 0.497 e. The summed E-state index contributed by atoms with van der Waals surface area (Å²) >= 11 is 0. The van der Waals surface area contributed by atoms with Gasteiger partial charge >= 0.3 is 0 Å². The van der Waals surface area contributed by atoms with Crippen molar-refractivity contribution in [3.05, 3.63) is 65.7 Å². The molecule has 1 aromatic heterocycles. The van der Waals surface area contributed by atoms with Crippen molar-refractivity contribution in [3.8, 4) is 28.6 Å². The molecular weight excluding hydrogens is 370 g/mol. The highest BCUT2D eigenvalue weighted by Crippen LogP contribution is 2.22. The number of ether oxygens (including phenoxy) is 3. The number of carbonyl (C=O) groups is 1. The molecule has 0 radical (unpaired) electrons. The fourth-order valence-corrected chi connectivity index (χ4v) is 2.64. The van der Waals surface area contributed by atoms with Crippen LogP contribution in [0.1, 0.15) is 15.9 Å². The molecule has 0 fully saturated rings. The molecule has 0 atom stereocenters. The summed E-state index contributed by atoms with van der Waals surface area (Å²) in [7, 11) is 3.07. The molecule has 7 nitrogen and oxygen atoms in total. The van der Waals surface area contributed by atoms with Gasteiger partial charge in [0.15, 0.2) is 0 Å². The summed E-state index contributed by atoms with van der Waals surface area (Å²) in [6.07, 6.45) is 0. The zero-order valence-electron chi connectivity index (χ0n) is 16.6. The molecule has 29 heavy (non-hydrogen) atoms. The summed E-state index contributed by atoms with van der Waals surface area (Å²) in [6.45, 7) is 2.63. The van der Waals surface area contributed by atoms with Gasteiger partial charge in [-0.1, -0.05) is 29.8 Å². The highest BCUT2D eigenvalue weighted by molar-refractivity contribution is 5.95. The van der Waals surface area contributed by atoms with Crippen molar-refractivity contribution in [2.75, 3.05) is 27.4 Å². The molecule has 1 heterocycles. The quantitative estimate of drug-likeness (QED) is 0.592. The summed E-state index contributed by atoms with van der Waals surface area (Å²) < 4.78 is 15.9. The van der Waals surface area contributed by atoms with Gasteiger partial charge < -0.3 is 19.5 Å². The van der Waals surface area contributed by atoms with E-state index in [9.17, 15) is 4.79 Å². The number of amides is 1. The standard InChI is InChI=1S/C22H23N3O4/c1-15-4-6-16(7-5-15)20-8-9-21(25-24-20)29-11-10-23-22(26)17-12-18(27-2)14-19(13-17)28-3/h4-9,12-14H,10-11H2,1-3H3,(H,23,26). The van der Waals surface area contributed by atoms with Crippen molar-refractivity contribution >= 4 is 5.91 Å². The second-order valence-corrected chi connectivity index (χ2v) is 6.33. The van der Waals surface area contributed by atoms with Gasteiger partial charge in [-0.25, -0.2) is 0 Å². The molecule has 0 saturated heterocycles. The molecule has 0 saturated carbocycles. The average Bonchev–Trinajstić information content (AvgIpc) is 2.77. The van der Waals surface area contributed by atoms with Crippen molar-refractivity contribution in [1.29, 1.82) is 0 Å². The normalized spacial score (nSPS) is 10.3. The van der Waals surface area contributed by atoms with Gasteiger partial charge in [-0.2, -0.15) is 0 Å². The summed E-state index contributed by atoms with van der Waals surface area (Å²) in [4.78, 5) is 12.3. The summed E-state index contributed by atoms with van der Waals surface area (Å²) in [5.74, 6) is 1.26. The van der Waals surface area contributed by atoms with E-state index >= 15 is 0 Å². The third-order valence-electron chi connectivity index (χ3n) is 4.24. The molecule has 150 valence electrons. The number of nitrogens with zero attached hydrogens (tertiary/aromatic N) is 2. The molecule has 7 heteroatoms. The number of hydrogen-bond donors (Lipinski definition) is 1. The first-order valence-corrected chi connectivity index (χ1v) is 9.14. The van der Waals surface area contributed by atoms with Gasteiger partial charge in [-0.05, 0) is 25.1 Å². The molecule has 3 aromatic rings. The number of carbonyl (C=O) groups excluding carboxylic acids is 1. The van der Waals surface area contributed by atoms with Crippen LogP contribution in [0.5, 0.6) is 17.4 Å². The number of aromatic nitrogens is 2. The van der Waals surface area contributed by atoms with E-state index in [0.29, 0.717) is 29.5 Å². The zero-order chi connectivity index (χ0) is 20.6. The molecule has 0 aliphatic heterocycles. The van der Waals surface area contributed by atoms with Crippen LogP contribution in [0.3, 0.4) is 0 Å². The van der Waals surface area contributed by atoms with Crippen LogP contribution in [0, 0.1) is 6.92 Å². The van der Waals surface area contributed by atoms with E-state index in [2.05, 4.69) is 15.5 Å². The molecular formula is C22H23N3O4. The van der Waals surface area contributed by atoms with Gasteiger partial charge in [0, 0.05) is 23.3 Å². The van der Waals surface area contributed by atoms with Gasteiger partial charge in [0.25, 0.3) is 5.91 Å². The van der Waals surface area contributed by atoms with Crippen LogP contribution < -0.4 is 19.5 Å². The fraction of sp³-hybridized carbons (Fsp3) is 0.227. The molecule has 0 unspecified atom stereocenters. The predicted octanol–water partition coefficient (Wildman–Crippen LogP) is 3.28. The zero-order valence-corrected chi connectivity index (χ0v) is 16.6. The second-order valence-electron chi connectivity index (χ2n) is 6.33. The van der Waals surface area contributed by atoms with Gasteiger partial charge in [0.1, 0.15) is 18.1 Å². The van der Waals surface area contributed by atoms with Gasteiger partial charge in [0.2, 0.25) is 5.88 Å². The summed E-state index contributed by atoms with van der Waals surface area (Å²) in [5, 5.41) is 11.1. The van der Waals surface area contributed by atoms with Crippen LogP contribution in [0.2, 0.25) is 0 Å². The fourth-order valence-electron chi connectivity index (χ4n) is 2.64. The number of hydrogen-bond acceptors (Lipinski definition) is 6. The van der Waals surface area contributed by atoms with E-state index in [1.165, 1.54) is 19.8 Å². The molecule has 2 aromatic carbocycles. The Morgan fingerprint density at radius 2 is 1.62 bits per heavy atom. The SMILES string of the molecule is COc1cc(OC)cc(C(=O)NCCOc2ccc(-c3ccc(C)cc3)nn2)c1. The van der Waals surface area contributed by atoms with Crippen LogP contribution in [-0.4, -0.2) is 43.5 Å². The number of benzene rings is 2. The first-order chi connectivity index (χ1) is 14.1. The Labute approximate surface area is 169 Å². The minimum Gasteiger partial charge on any atom is -0.497 e. The molecule has 0 aliphatic carbocycles. The second kappa shape index (κ2) is 9.54. The van der Waals surface area contributed by atoms with Crippen molar-refractivity contribution in [3.63, 3.8) is 0 Å². The van der Waals surface area contributed by atoms with E-state index < -0.39 is 0 Å². The monoisotopic (exact) mass is 393 g/mol. The van der Waals surface area contributed by atoms with E-state index in [-0.39, 0.29) is 12.5 Å². The predicted molar refractivity (Wildman–Crippen MR) is 110 cm³/mol. The van der Waals surface area contributed by atoms with E-state index in [1.54, 1.807) is 24.3 Å². The van der Waals surface area contributed by atoms with E-state index in [1.807, 2.05) is 37.3 Å². The summed E-state index contributed by atoms with van der Waals surface area (Å²) in [6, 6.07) is 16.7. The van der Waals surface area contributed by atoms with Crippen molar-refractivity contribution in [2.45, 2.75) is 6.92 Å². The Balaban J connectivity index is 1.50. The lowest BCUT2D eigenvalue weighted by Crippen LogP contribution is -2.28. The van der Waals surface area contributed by atoms with Crippen molar-refractivity contribution < 1.29 is 19.0 Å². The van der Waals surface area contributed by atoms with E-state index in [4.69, 9.17) is 14.2 Å². The lowest BCUT2D eigenvalue weighted by Gasteiger charge is -2.10. The van der Waals surface area contributed by atoms with Crippen LogP contribution >= 0.6 is 0 Å². The van der Waals surface area contributed by atoms with Crippen LogP contribution in [0.4, 0.5) is 0 Å². The smallest absolute Gasteiger partial charge is 0.251 e. The number of nitrogens with one attached hydrogen (secondary N) is 1. The lowest BCUT2D eigenvalue weighted by atomic mass is 10.1. The maximum absolute atomic E-state index is 12.3. The van der Waals surface area contributed by atoms with Gasteiger partial charge in [-0.15, -0.1) is 10.2 Å². The average molecular weight is 393 g/mol. The first-order valence-electron chi connectivity index (χ1n) is 9.14. The Bertz CT molecular complexity index is 935. The molecule has 3 rings (SSSR count). The molecule has 0 bridgehead atoms. The maximum atomic E-state index is 12.3. The van der Waals surface area contributed by atoms with Crippen molar-refractivity contribution in [1.82, 2.24) is 15.5 Å². The van der Waals surface area contributed by atoms with Crippen LogP contribution in [0.25, 0.3) is 11.3 Å². The number of aryl methyl sites for hydroxylation is 1. The minimum absolute atomic E-state index is 0.244. The van der Waals surface area contributed by atoms with Crippen LogP contribution in [0.15, 0.2) is 54.6 Å². The minimum atomic E-state index is -0.244. The van der Waals surface area contributed by atoms with E-state index in [0.717, 1.165) is 11.3 Å². The molecule has 1 amide bonds. The highest BCUT2D eigenvalue weighted by Gasteiger charge is 2.09. The Hall–Kier alpha value is -3.61. The Morgan fingerprint density at radius 3 is 2.21 bits per heavy atom. The third kappa shape index (κ3) is 5.44. The molecule has 0 spiro atoms. The first kappa shape index (κ1) is 20.1. The topological polar surface area (TPSA) is 82.6 Å².